The molecule has 0 unspecified atom stereocenters. The summed E-state index contributed by atoms with van der Waals surface area (Å²) in [4.78, 5) is 0. The number of para-hydroxylation sites is 1. The van der Waals surface area contributed by atoms with Gasteiger partial charge in [0.05, 0.1) is 16.9 Å². The van der Waals surface area contributed by atoms with Crippen LogP contribution in [0.25, 0.3) is 0 Å². The Morgan fingerprint density at radius 3 is 2.21 bits per heavy atom. The Hall–Kier alpha value is -1.11. The van der Waals surface area contributed by atoms with Crippen LogP contribution >= 0.6 is 0 Å². The average molecular weight is 286 g/mol. The first-order valence-corrected chi connectivity index (χ1v) is 7.67. The minimum absolute atomic E-state index is 0.209. The molecule has 0 heterocycles. The Balaban J connectivity index is 2.93. The predicted molar refractivity (Wildman–Crippen MR) is 77.0 cm³/mol. The highest BCUT2D eigenvalue weighted by Gasteiger charge is 2.38. The largest absolute Gasteiger partial charge is 0.398 e. The number of nitrogens with two attached hydrogens (primary N) is 1. The van der Waals surface area contributed by atoms with Gasteiger partial charge in [0, 0.05) is 5.69 Å². The lowest BCUT2D eigenvalue weighted by Crippen LogP contribution is -2.57. The van der Waals surface area contributed by atoms with E-state index in [-0.39, 0.29) is 5.75 Å². The monoisotopic (exact) mass is 286 g/mol. The van der Waals surface area contributed by atoms with Crippen LogP contribution < -0.4 is 10.5 Å². The Morgan fingerprint density at radius 2 is 1.74 bits per heavy atom. The van der Waals surface area contributed by atoms with E-state index in [9.17, 15) is 13.5 Å². The summed E-state index contributed by atoms with van der Waals surface area (Å²) in [5, 5.41) is 9.98. The Labute approximate surface area is 114 Å². The highest BCUT2D eigenvalue weighted by molar-refractivity contribution is 7.88. The first kappa shape index (κ1) is 15.9. The molecule has 1 aromatic rings. The first-order chi connectivity index (χ1) is 8.45. The maximum atomic E-state index is 12.1. The minimum atomic E-state index is -3.59. The summed E-state index contributed by atoms with van der Waals surface area (Å²) in [6, 6.07) is 6.82. The van der Waals surface area contributed by atoms with Crippen LogP contribution in [0.2, 0.25) is 0 Å². The van der Waals surface area contributed by atoms with Crippen LogP contribution in [-0.2, 0) is 15.8 Å². The molecule has 0 aliphatic rings. The van der Waals surface area contributed by atoms with Crippen LogP contribution in [0.1, 0.15) is 33.3 Å². The topological polar surface area (TPSA) is 92.4 Å². The zero-order valence-electron chi connectivity index (χ0n) is 11.8. The Bertz CT molecular complexity index is 545. The van der Waals surface area contributed by atoms with E-state index >= 15 is 0 Å². The van der Waals surface area contributed by atoms with Gasteiger partial charge in [-0.3, -0.25) is 0 Å². The van der Waals surface area contributed by atoms with E-state index in [1.54, 1.807) is 52.0 Å². The van der Waals surface area contributed by atoms with Crippen LogP contribution in [-0.4, -0.2) is 24.7 Å². The number of rotatable bonds is 5. The highest BCUT2D eigenvalue weighted by Crippen LogP contribution is 2.23. The van der Waals surface area contributed by atoms with Crippen LogP contribution in [0.3, 0.4) is 0 Å². The van der Waals surface area contributed by atoms with E-state index in [0.29, 0.717) is 11.3 Å². The van der Waals surface area contributed by atoms with Gasteiger partial charge in [0.25, 0.3) is 0 Å². The van der Waals surface area contributed by atoms with Crippen molar-refractivity contribution in [2.24, 2.45) is 0 Å². The summed E-state index contributed by atoms with van der Waals surface area (Å²) in [5.74, 6) is -0.209. The maximum absolute atomic E-state index is 12.1. The molecule has 5 nitrogen and oxygen atoms in total. The number of nitrogens with one attached hydrogen (secondary N) is 1. The SMILES string of the molecule is CC(C)(O)C(C)(C)NS(=O)(=O)Cc1ccccc1N. The van der Waals surface area contributed by atoms with Gasteiger partial charge in [-0.15, -0.1) is 0 Å². The fourth-order valence-electron chi connectivity index (χ4n) is 1.42. The van der Waals surface area contributed by atoms with E-state index in [4.69, 9.17) is 5.73 Å². The maximum Gasteiger partial charge on any atom is 0.216 e. The molecule has 1 rings (SSSR count). The van der Waals surface area contributed by atoms with E-state index in [0.717, 1.165) is 0 Å². The van der Waals surface area contributed by atoms with Gasteiger partial charge in [-0.1, -0.05) is 18.2 Å². The normalized spacial score (nSPS) is 13.5. The zero-order chi connectivity index (χ0) is 14.9. The molecular weight excluding hydrogens is 264 g/mol. The lowest BCUT2D eigenvalue weighted by atomic mass is 9.87. The summed E-state index contributed by atoms with van der Waals surface area (Å²) in [6.45, 7) is 6.40. The number of nitrogen functional groups attached to an aromatic ring is 1. The molecule has 19 heavy (non-hydrogen) atoms. The molecule has 0 fully saturated rings. The number of anilines is 1. The summed E-state index contributed by atoms with van der Waals surface area (Å²) < 4.78 is 26.8. The molecular formula is C13H22N2O3S. The molecule has 0 radical (unpaired) electrons. The van der Waals surface area contributed by atoms with Crippen molar-refractivity contribution >= 4 is 15.7 Å². The van der Waals surface area contributed by atoms with E-state index in [1.807, 2.05) is 0 Å². The fraction of sp³-hybridized carbons (Fsp3) is 0.538. The number of aliphatic hydroxyl groups is 1. The van der Waals surface area contributed by atoms with Gasteiger partial charge in [0.15, 0.2) is 0 Å². The molecule has 0 bridgehead atoms. The van der Waals surface area contributed by atoms with Crippen LogP contribution in [0.4, 0.5) is 5.69 Å². The second kappa shape index (κ2) is 5.11. The van der Waals surface area contributed by atoms with Gasteiger partial charge in [-0.2, -0.15) is 0 Å². The summed E-state index contributed by atoms with van der Waals surface area (Å²) in [6.07, 6.45) is 0. The highest BCUT2D eigenvalue weighted by atomic mass is 32.2. The van der Waals surface area contributed by atoms with Crippen molar-refractivity contribution in [2.75, 3.05) is 5.73 Å². The Kier molecular flexibility index (Phi) is 4.29. The zero-order valence-corrected chi connectivity index (χ0v) is 12.6. The van der Waals surface area contributed by atoms with Gasteiger partial charge < -0.3 is 10.8 Å². The summed E-state index contributed by atoms with van der Waals surface area (Å²) in [7, 11) is -3.59. The van der Waals surface area contributed by atoms with Crippen molar-refractivity contribution in [1.82, 2.24) is 4.72 Å². The molecule has 0 aromatic heterocycles. The van der Waals surface area contributed by atoms with Crippen molar-refractivity contribution in [3.05, 3.63) is 29.8 Å². The molecule has 4 N–H and O–H groups in total. The van der Waals surface area contributed by atoms with Gasteiger partial charge in [0.2, 0.25) is 10.0 Å². The second-order valence-corrected chi connectivity index (χ2v) is 7.47. The lowest BCUT2D eigenvalue weighted by molar-refractivity contribution is 0.00636. The molecule has 0 saturated heterocycles. The van der Waals surface area contributed by atoms with Crippen LogP contribution in [0, 0.1) is 0 Å². The molecule has 1 aromatic carbocycles. The Morgan fingerprint density at radius 1 is 1.21 bits per heavy atom. The molecule has 0 saturated carbocycles. The predicted octanol–water partition coefficient (Wildman–Crippen LogP) is 1.24. The van der Waals surface area contributed by atoms with Crippen LogP contribution in [0.15, 0.2) is 24.3 Å². The van der Waals surface area contributed by atoms with Crippen molar-refractivity contribution in [3.63, 3.8) is 0 Å². The first-order valence-electron chi connectivity index (χ1n) is 6.02. The average Bonchev–Trinajstić information content (AvgIpc) is 2.17. The third-order valence-corrected chi connectivity index (χ3v) is 4.85. The van der Waals surface area contributed by atoms with Crippen LogP contribution in [0.5, 0.6) is 0 Å². The van der Waals surface area contributed by atoms with Crippen molar-refractivity contribution in [2.45, 2.75) is 44.6 Å². The standard InChI is InChI=1S/C13H22N2O3S/c1-12(2,13(3,4)16)15-19(17,18)9-10-7-5-6-8-11(10)14/h5-8,15-16H,9,14H2,1-4H3. The third-order valence-electron chi connectivity index (χ3n) is 3.34. The van der Waals surface area contributed by atoms with Gasteiger partial charge in [0.1, 0.15) is 0 Å². The molecule has 0 spiro atoms. The van der Waals surface area contributed by atoms with Gasteiger partial charge in [-0.25, -0.2) is 13.1 Å². The quantitative estimate of drug-likeness (QED) is 0.710. The van der Waals surface area contributed by atoms with E-state index in [1.165, 1.54) is 0 Å². The van der Waals surface area contributed by atoms with Crippen molar-refractivity contribution in [1.29, 1.82) is 0 Å². The molecule has 0 aliphatic heterocycles. The molecule has 0 amide bonds. The summed E-state index contributed by atoms with van der Waals surface area (Å²) >= 11 is 0. The third kappa shape index (κ3) is 4.19. The number of benzene rings is 1. The van der Waals surface area contributed by atoms with E-state index < -0.39 is 21.2 Å². The number of sulfonamides is 1. The van der Waals surface area contributed by atoms with Gasteiger partial charge in [-0.05, 0) is 39.3 Å². The van der Waals surface area contributed by atoms with Crippen molar-refractivity contribution in [3.8, 4) is 0 Å². The second-order valence-electron chi connectivity index (χ2n) is 5.74. The molecule has 0 atom stereocenters. The van der Waals surface area contributed by atoms with Crippen molar-refractivity contribution < 1.29 is 13.5 Å². The molecule has 0 aliphatic carbocycles. The molecule has 6 heteroatoms. The van der Waals surface area contributed by atoms with Gasteiger partial charge >= 0.3 is 0 Å². The molecule has 108 valence electrons. The fourth-order valence-corrected chi connectivity index (χ4v) is 3.19. The smallest absolute Gasteiger partial charge is 0.216 e. The minimum Gasteiger partial charge on any atom is -0.398 e. The number of hydrogen-bond acceptors (Lipinski definition) is 4. The lowest BCUT2D eigenvalue weighted by Gasteiger charge is -2.37. The van der Waals surface area contributed by atoms with E-state index in [2.05, 4.69) is 4.72 Å². The number of hydrogen-bond donors (Lipinski definition) is 3. The summed E-state index contributed by atoms with van der Waals surface area (Å²) in [5.41, 5.74) is 4.56.